The molecular weight excluding hydrogens is 475 g/mol. The van der Waals surface area contributed by atoms with Crippen molar-refractivity contribution in [1.82, 2.24) is 25.7 Å². The van der Waals surface area contributed by atoms with E-state index in [2.05, 4.69) is 30.7 Å². The van der Waals surface area contributed by atoms with E-state index in [-0.39, 0.29) is 10.9 Å². The van der Waals surface area contributed by atoms with E-state index in [1.54, 1.807) is 26.5 Å². The molecule has 2 aromatic carbocycles. The number of hydroxylamine groups is 1. The summed E-state index contributed by atoms with van der Waals surface area (Å²) in [6, 6.07) is 11.4. The second kappa shape index (κ2) is 11.1. The molecule has 2 aromatic heterocycles. The van der Waals surface area contributed by atoms with Crippen LogP contribution in [-0.2, 0) is 13.0 Å². The SMILES string of the molecule is COc1ccc(CNCCc2nc3nccc(C(=Nc4ccc(F)c(Cl)c4)NO)c3[nH]2)c(OC)c1. The normalized spacial score (nSPS) is 11.6. The van der Waals surface area contributed by atoms with E-state index in [0.717, 1.165) is 22.9 Å². The van der Waals surface area contributed by atoms with Gasteiger partial charge in [0.25, 0.3) is 0 Å². The number of aromatic amines is 1. The largest absolute Gasteiger partial charge is 0.497 e. The molecule has 11 heteroatoms. The van der Waals surface area contributed by atoms with Crippen molar-refractivity contribution in [3.63, 3.8) is 0 Å². The van der Waals surface area contributed by atoms with Gasteiger partial charge in [0.1, 0.15) is 23.1 Å². The number of hydrogen-bond acceptors (Lipinski definition) is 7. The van der Waals surface area contributed by atoms with Gasteiger partial charge in [-0.05, 0) is 30.3 Å². The summed E-state index contributed by atoms with van der Waals surface area (Å²) in [4.78, 5) is 16.4. The van der Waals surface area contributed by atoms with Crippen molar-refractivity contribution in [3.8, 4) is 11.5 Å². The molecule has 0 amide bonds. The maximum absolute atomic E-state index is 13.5. The van der Waals surface area contributed by atoms with Crippen LogP contribution in [0.25, 0.3) is 11.2 Å². The van der Waals surface area contributed by atoms with Crippen molar-refractivity contribution >= 4 is 34.3 Å². The average molecular weight is 499 g/mol. The zero-order chi connectivity index (χ0) is 24.8. The number of benzene rings is 2. The van der Waals surface area contributed by atoms with E-state index in [4.69, 9.17) is 21.1 Å². The quantitative estimate of drug-likeness (QED) is 0.118. The molecule has 4 N–H and O–H groups in total. The number of nitrogens with zero attached hydrogens (tertiary/aromatic N) is 3. The summed E-state index contributed by atoms with van der Waals surface area (Å²) in [5.41, 5.74) is 5.11. The number of rotatable bonds is 9. The minimum atomic E-state index is -0.548. The van der Waals surface area contributed by atoms with Crippen molar-refractivity contribution in [2.75, 3.05) is 20.8 Å². The summed E-state index contributed by atoms with van der Waals surface area (Å²) >= 11 is 5.84. The lowest BCUT2D eigenvalue weighted by Crippen LogP contribution is -2.20. The molecule has 35 heavy (non-hydrogen) atoms. The predicted octanol–water partition coefficient (Wildman–Crippen LogP) is 4.16. The fraction of sp³-hybridized carbons (Fsp3) is 0.208. The number of halogens is 2. The molecule has 0 saturated heterocycles. The van der Waals surface area contributed by atoms with Gasteiger partial charge in [-0.3, -0.25) is 10.7 Å². The van der Waals surface area contributed by atoms with Crippen LogP contribution >= 0.6 is 11.6 Å². The third-order valence-electron chi connectivity index (χ3n) is 5.29. The van der Waals surface area contributed by atoms with Crippen LogP contribution in [0.15, 0.2) is 53.7 Å². The van der Waals surface area contributed by atoms with Gasteiger partial charge in [0.15, 0.2) is 11.5 Å². The molecule has 0 radical (unpaired) electrons. The third kappa shape index (κ3) is 5.68. The van der Waals surface area contributed by atoms with Gasteiger partial charge in [0.05, 0.1) is 30.4 Å². The van der Waals surface area contributed by atoms with Gasteiger partial charge in [0.2, 0.25) is 0 Å². The van der Waals surface area contributed by atoms with Crippen LogP contribution in [0.2, 0.25) is 5.02 Å². The van der Waals surface area contributed by atoms with E-state index >= 15 is 0 Å². The van der Waals surface area contributed by atoms with Crippen LogP contribution in [-0.4, -0.2) is 46.8 Å². The van der Waals surface area contributed by atoms with Crippen LogP contribution in [0.1, 0.15) is 17.0 Å². The van der Waals surface area contributed by atoms with Crippen LogP contribution < -0.4 is 20.3 Å². The Morgan fingerprint density at radius 1 is 1.17 bits per heavy atom. The van der Waals surface area contributed by atoms with Gasteiger partial charge in [-0.15, -0.1) is 0 Å². The first kappa shape index (κ1) is 24.4. The number of fused-ring (bicyclic) bond motifs is 1. The fourth-order valence-corrected chi connectivity index (χ4v) is 3.71. The number of ether oxygens (including phenoxy) is 2. The molecule has 0 fully saturated rings. The highest BCUT2D eigenvalue weighted by Crippen LogP contribution is 2.25. The van der Waals surface area contributed by atoms with Gasteiger partial charge < -0.3 is 19.8 Å². The van der Waals surface area contributed by atoms with Crippen LogP contribution in [0.4, 0.5) is 10.1 Å². The monoisotopic (exact) mass is 498 g/mol. The Morgan fingerprint density at radius 3 is 2.77 bits per heavy atom. The molecule has 9 nitrogen and oxygen atoms in total. The molecule has 0 spiro atoms. The molecule has 0 aliphatic rings. The average Bonchev–Trinajstić information content (AvgIpc) is 3.30. The Labute approximate surface area is 206 Å². The van der Waals surface area contributed by atoms with Gasteiger partial charge in [-0.25, -0.2) is 19.4 Å². The number of methoxy groups -OCH3 is 2. The number of aromatic nitrogens is 3. The Bertz CT molecular complexity index is 1360. The zero-order valence-corrected chi connectivity index (χ0v) is 19.9. The van der Waals surface area contributed by atoms with Gasteiger partial charge in [0, 0.05) is 42.9 Å². The van der Waals surface area contributed by atoms with E-state index in [1.165, 1.54) is 18.2 Å². The number of aliphatic imine (C=N–C) groups is 1. The Kier molecular flexibility index (Phi) is 7.76. The molecule has 0 atom stereocenters. The number of imidazole rings is 1. The molecule has 0 aliphatic carbocycles. The number of H-pyrrole nitrogens is 1. The van der Waals surface area contributed by atoms with E-state index in [1.807, 2.05) is 18.2 Å². The van der Waals surface area contributed by atoms with E-state index in [0.29, 0.717) is 41.9 Å². The topological polar surface area (TPSA) is 117 Å². The lowest BCUT2D eigenvalue weighted by Gasteiger charge is -2.11. The highest BCUT2D eigenvalue weighted by atomic mass is 35.5. The maximum atomic E-state index is 13.5. The number of amidine groups is 1. The minimum Gasteiger partial charge on any atom is -0.497 e. The van der Waals surface area contributed by atoms with E-state index < -0.39 is 5.82 Å². The zero-order valence-electron chi connectivity index (χ0n) is 19.1. The lowest BCUT2D eigenvalue weighted by atomic mass is 10.2. The Morgan fingerprint density at radius 2 is 2.03 bits per heavy atom. The van der Waals surface area contributed by atoms with Crippen molar-refractivity contribution in [2.45, 2.75) is 13.0 Å². The maximum Gasteiger partial charge on any atom is 0.178 e. The van der Waals surface area contributed by atoms with Gasteiger partial charge in [-0.2, -0.15) is 0 Å². The first-order chi connectivity index (χ1) is 17.0. The lowest BCUT2D eigenvalue weighted by molar-refractivity contribution is 0.235. The second-order valence-electron chi connectivity index (χ2n) is 7.52. The molecule has 0 aliphatic heterocycles. The second-order valence-corrected chi connectivity index (χ2v) is 7.92. The summed E-state index contributed by atoms with van der Waals surface area (Å²) in [5, 5.41) is 13.0. The standard InChI is InChI=1S/C24H24ClFN6O3/c1-34-16-5-3-14(20(12-16)35-2)13-27-9-8-21-30-22-17(7-10-28-24(22)31-21)23(32-33)29-15-4-6-19(26)18(25)11-15/h3-7,10-12,27,33H,8-9,13H2,1-2H3,(H,29,32)(H,28,30,31). The molecular formula is C24H24ClFN6O3. The minimum absolute atomic E-state index is 0.0630. The summed E-state index contributed by atoms with van der Waals surface area (Å²) in [6.07, 6.45) is 2.18. The summed E-state index contributed by atoms with van der Waals surface area (Å²) in [5.74, 6) is 1.79. The Balaban J connectivity index is 1.47. The molecule has 4 aromatic rings. The molecule has 0 unspecified atom stereocenters. The first-order valence-corrected chi connectivity index (χ1v) is 11.1. The van der Waals surface area contributed by atoms with E-state index in [9.17, 15) is 9.60 Å². The fourth-order valence-electron chi connectivity index (χ4n) is 3.53. The molecule has 0 bridgehead atoms. The smallest absolute Gasteiger partial charge is 0.178 e. The molecule has 0 saturated carbocycles. The highest BCUT2D eigenvalue weighted by molar-refractivity contribution is 6.31. The predicted molar refractivity (Wildman–Crippen MR) is 131 cm³/mol. The van der Waals surface area contributed by atoms with Crippen molar-refractivity contribution in [2.24, 2.45) is 4.99 Å². The first-order valence-electron chi connectivity index (χ1n) is 10.7. The Hall–Kier alpha value is -3.73. The molecule has 2 heterocycles. The number of pyridine rings is 1. The van der Waals surface area contributed by atoms with Gasteiger partial charge >= 0.3 is 0 Å². The van der Waals surface area contributed by atoms with Crippen LogP contribution in [0.5, 0.6) is 11.5 Å². The third-order valence-corrected chi connectivity index (χ3v) is 5.58. The summed E-state index contributed by atoms with van der Waals surface area (Å²) in [7, 11) is 3.24. The molecule has 4 rings (SSSR count). The number of hydrogen-bond donors (Lipinski definition) is 4. The molecule has 182 valence electrons. The summed E-state index contributed by atoms with van der Waals surface area (Å²) < 4.78 is 24.1. The van der Waals surface area contributed by atoms with Crippen molar-refractivity contribution in [1.29, 1.82) is 0 Å². The number of nitrogens with one attached hydrogen (secondary N) is 3. The van der Waals surface area contributed by atoms with Crippen LogP contribution in [0.3, 0.4) is 0 Å². The van der Waals surface area contributed by atoms with Crippen LogP contribution in [0, 0.1) is 5.82 Å². The van der Waals surface area contributed by atoms with Crippen molar-refractivity contribution in [3.05, 3.63) is 76.5 Å². The summed E-state index contributed by atoms with van der Waals surface area (Å²) in [6.45, 7) is 1.26. The van der Waals surface area contributed by atoms with Gasteiger partial charge in [-0.1, -0.05) is 17.7 Å². The van der Waals surface area contributed by atoms with Crippen molar-refractivity contribution < 1.29 is 19.1 Å². The highest BCUT2D eigenvalue weighted by Gasteiger charge is 2.14.